The Morgan fingerprint density at radius 1 is 1.10 bits per heavy atom. The molecule has 156 valence electrons. The van der Waals surface area contributed by atoms with Gasteiger partial charge in [0, 0.05) is 22.9 Å². The van der Waals surface area contributed by atoms with Crippen LogP contribution in [0, 0.1) is 0 Å². The predicted molar refractivity (Wildman–Crippen MR) is 109 cm³/mol. The summed E-state index contributed by atoms with van der Waals surface area (Å²) in [5, 5.41) is 16.5. The van der Waals surface area contributed by atoms with Gasteiger partial charge in [-0.2, -0.15) is 12.6 Å². The molecule has 2 unspecified atom stereocenters. The van der Waals surface area contributed by atoms with Crippen molar-refractivity contribution in [1.29, 1.82) is 0 Å². The average Bonchev–Trinajstić information content (AvgIpc) is 3.11. The maximum absolute atomic E-state index is 12.2. The van der Waals surface area contributed by atoms with Crippen LogP contribution < -0.4 is 21.7 Å². The number of carboxylic acid groups (broad SMARTS) is 1. The number of thiol groups is 1. The zero-order chi connectivity index (χ0) is 21.4. The van der Waals surface area contributed by atoms with Crippen LogP contribution in [0.25, 0.3) is 10.9 Å². The van der Waals surface area contributed by atoms with Crippen LogP contribution in [0.5, 0.6) is 0 Å². The second kappa shape index (κ2) is 10.5. The summed E-state index contributed by atoms with van der Waals surface area (Å²) in [5.74, 6) is -3.06. The quantitative estimate of drug-likeness (QED) is 0.237. The van der Waals surface area contributed by atoms with Gasteiger partial charge in [0.2, 0.25) is 17.7 Å². The average molecular weight is 421 g/mol. The molecular weight excluding hydrogens is 398 g/mol. The smallest absolute Gasteiger partial charge is 0.322 e. The first-order valence-electron chi connectivity index (χ1n) is 8.79. The van der Waals surface area contributed by atoms with E-state index in [-0.39, 0.29) is 18.7 Å². The van der Waals surface area contributed by atoms with E-state index < -0.39 is 42.3 Å². The Labute approximate surface area is 172 Å². The summed E-state index contributed by atoms with van der Waals surface area (Å²) in [5.41, 5.74) is 7.77. The Balaban J connectivity index is 1.81. The van der Waals surface area contributed by atoms with Gasteiger partial charge in [-0.15, -0.1) is 0 Å². The second-order valence-electron chi connectivity index (χ2n) is 6.30. The number of fused-ring (bicyclic) bond motifs is 1. The minimum atomic E-state index is -1.21. The van der Waals surface area contributed by atoms with E-state index in [9.17, 15) is 19.2 Å². The zero-order valence-corrected chi connectivity index (χ0v) is 16.4. The van der Waals surface area contributed by atoms with Crippen LogP contribution in [-0.4, -0.2) is 64.7 Å². The van der Waals surface area contributed by atoms with Crippen LogP contribution in [0.3, 0.4) is 0 Å². The number of nitrogens with one attached hydrogen (secondary N) is 4. The molecule has 0 saturated heterocycles. The van der Waals surface area contributed by atoms with Gasteiger partial charge in [0.25, 0.3) is 0 Å². The number of carboxylic acids is 1. The summed E-state index contributed by atoms with van der Waals surface area (Å²) in [7, 11) is 0. The van der Waals surface area contributed by atoms with Crippen molar-refractivity contribution in [1.82, 2.24) is 20.9 Å². The fraction of sp³-hybridized carbons (Fsp3) is 0.333. The van der Waals surface area contributed by atoms with Gasteiger partial charge in [-0.05, 0) is 18.1 Å². The van der Waals surface area contributed by atoms with E-state index in [1.807, 2.05) is 24.3 Å². The van der Waals surface area contributed by atoms with E-state index in [1.54, 1.807) is 6.20 Å². The van der Waals surface area contributed by atoms with Crippen molar-refractivity contribution in [2.24, 2.45) is 5.73 Å². The van der Waals surface area contributed by atoms with Gasteiger partial charge in [0.15, 0.2) is 0 Å². The number of benzene rings is 1. The Morgan fingerprint density at radius 3 is 2.48 bits per heavy atom. The van der Waals surface area contributed by atoms with E-state index in [0.29, 0.717) is 0 Å². The third-order valence-corrected chi connectivity index (χ3v) is 4.49. The lowest BCUT2D eigenvalue weighted by Crippen LogP contribution is -2.52. The van der Waals surface area contributed by atoms with Gasteiger partial charge in [-0.3, -0.25) is 19.2 Å². The molecule has 0 aliphatic heterocycles. The molecule has 7 N–H and O–H groups in total. The lowest BCUT2D eigenvalue weighted by Gasteiger charge is -2.17. The number of H-pyrrole nitrogens is 1. The van der Waals surface area contributed by atoms with Crippen molar-refractivity contribution in [3.05, 3.63) is 36.0 Å². The first-order valence-corrected chi connectivity index (χ1v) is 9.43. The zero-order valence-electron chi connectivity index (χ0n) is 15.5. The molecule has 0 spiro atoms. The van der Waals surface area contributed by atoms with E-state index in [1.165, 1.54) is 0 Å². The number of aromatic amines is 1. The number of hydrogen-bond acceptors (Lipinski definition) is 6. The first kappa shape index (κ1) is 22.2. The van der Waals surface area contributed by atoms with E-state index in [2.05, 4.69) is 33.6 Å². The fourth-order valence-electron chi connectivity index (χ4n) is 2.65. The molecule has 3 amide bonds. The molecule has 0 aliphatic rings. The summed E-state index contributed by atoms with van der Waals surface area (Å²) in [6, 6.07) is 5.74. The number of nitrogens with two attached hydrogens (primary N) is 1. The highest BCUT2D eigenvalue weighted by Crippen LogP contribution is 2.18. The van der Waals surface area contributed by atoms with Gasteiger partial charge in [-0.1, -0.05) is 18.2 Å². The summed E-state index contributed by atoms with van der Waals surface area (Å²) in [6.45, 7) is -0.949. The van der Waals surface area contributed by atoms with Gasteiger partial charge >= 0.3 is 5.97 Å². The summed E-state index contributed by atoms with van der Waals surface area (Å²) < 4.78 is 0. The van der Waals surface area contributed by atoms with E-state index in [4.69, 9.17) is 10.8 Å². The molecule has 1 aromatic heterocycles. The third kappa shape index (κ3) is 6.50. The molecule has 2 atom stereocenters. The second-order valence-corrected chi connectivity index (χ2v) is 6.67. The molecule has 10 nitrogen and oxygen atoms in total. The molecule has 2 aromatic rings. The maximum Gasteiger partial charge on any atom is 0.322 e. The number of aliphatic carboxylic acids is 1. The topological polar surface area (TPSA) is 166 Å². The Morgan fingerprint density at radius 2 is 1.79 bits per heavy atom. The van der Waals surface area contributed by atoms with Crippen molar-refractivity contribution in [2.75, 3.05) is 18.8 Å². The van der Waals surface area contributed by atoms with Crippen LogP contribution in [0.15, 0.2) is 30.5 Å². The molecule has 2 rings (SSSR count). The molecule has 29 heavy (non-hydrogen) atoms. The number of aromatic nitrogens is 1. The monoisotopic (exact) mass is 421 g/mol. The van der Waals surface area contributed by atoms with Crippen molar-refractivity contribution in [2.45, 2.75) is 18.5 Å². The van der Waals surface area contributed by atoms with Crippen LogP contribution in [0.4, 0.5) is 0 Å². The number of carbonyl (C=O) groups is 4. The molecule has 0 fully saturated rings. The van der Waals surface area contributed by atoms with Crippen molar-refractivity contribution in [3.63, 3.8) is 0 Å². The van der Waals surface area contributed by atoms with E-state index in [0.717, 1.165) is 16.5 Å². The minimum absolute atomic E-state index is 0.0365. The highest BCUT2D eigenvalue weighted by Gasteiger charge is 2.21. The van der Waals surface area contributed by atoms with Crippen LogP contribution in [0.2, 0.25) is 0 Å². The Hall–Kier alpha value is -3.05. The van der Waals surface area contributed by atoms with Crippen LogP contribution >= 0.6 is 12.6 Å². The Kier molecular flexibility index (Phi) is 8.04. The van der Waals surface area contributed by atoms with Crippen molar-refractivity contribution >= 4 is 47.2 Å². The number of rotatable bonds is 10. The predicted octanol–water partition coefficient (Wildman–Crippen LogP) is -1.23. The standard InChI is InChI=1S/C18H23N5O5S/c19-12(5-10-6-20-13-4-2-1-3-11(10)13)17(27)21-7-15(24)23-14(9-29)18(28)22-8-16(25)26/h1-4,6,12,14,20,29H,5,7-9,19H2,(H,21,27)(H,22,28)(H,23,24)(H,25,26). The molecule has 0 radical (unpaired) electrons. The molecule has 0 bridgehead atoms. The molecule has 1 heterocycles. The van der Waals surface area contributed by atoms with Gasteiger partial charge in [0.1, 0.15) is 12.6 Å². The molecule has 0 aliphatic carbocycles. The van der Waals surface area contributed by atoms with Gasteiger partial charge < -0.3 is 31.8 Å². The van der Waals surface area contributed by atoms with Gasteiger partial charge in [0.05, 0.1) is 12.6 Å². The molecular formula is C18H23N5O5S. The third-order valence-electron chi connectivity index (χ3n) is 4.12. The first-order chi connectivity index (χ1) is 13.8. The lowest BCUT2D eigenvalue weighted by molar-refractivity contribution is -0.138. The SMILES string of the molecule is NC(Cc1c[nH]c2ccccc12)C(=O)NCC(=O)NC(CS)C(=O)NCC(=O)O. The largest absolute Gasteiger partial charge is 0.480 e. The van der Waals surface area contributed by atoms with Crippen LogP contribution in [-0.2, 0) is 25.6 Å². The van der Waals surface area contributed by atoms with Crippen molar-refractivity contribution < 1.29 is 24.3 Å². The number of amides is 3. The number of hydrogen-bond donors (Lipinski definition) is 7. The minimum Gasteiger partial charge on any atom is -0.480 e. The maximum atomic E-state index is 12.2. The summed E-state index contributed by atoms with van der Waals surface area (Å²) in [4.78, 5) is 49.5. The fourth-order valence-corrected chi connectivity index (χ4v) is 2.91. The van der Waals surface area contributed by atoms with Crippen LogP contribution in [0.1, 0.15) is 5.56 Å². The highest BCUT2D eigenvalue weighted by molar-refractivity contribution is 7.80. The lowest BCUT2D eigenvalue weighted by atomic mass is 10.1. The molecule has 1 aromatic carbocycles. The van der Waals surface area contributed by atoms with Crippen molar-refractivity contribution in [3.8, 4) is 0 Å². The molecule has 0 saturated carbocycles. The number of para-hydroxylation sites is 1. The highest BCUT2D eigenvalue weighted by atomic mass is 32.1. The molecule has 11 heteroatoms. The Bertz CT molecular complexity index is 900. The summed E-state index contributed by atoms with van der Waals surface area (Å²) in [6.07, 6.45) is 2.08. The van der Waals surface area contributed by atoms with E-state index >= 15 is 0 Å². The number of carbonyl (C=O) groups excluding carboxylic acids is 3. The summed E-state index contributed by atoms with van der Waals surface area (Å²) >= 11 is 3.96. The van der Waals surface area contributed by atoms with Gasteiger partial charge in [-0.25, -0.2) is 0 Å². The normalized spacial score (nSPS) is 12.8.